The van der Waals surface area contributed by atoms with Gasteiger partial charge in [0.05, 0.1) is 36.9 Å². The van der Waals surface area contributed by atoms with E-state index in [1.807, 2.05) is 43.3 Å². The summed E-state index contributed by atoms with van der Waals surface area (Å²) in [6.45, 7) is 5.55. The Morgan fingerprint density at radius 3 is 2.67 bits per heavy atom. The van der Waals surface area contributed by atoms with Crippen LogP contribution in [0.3, 0.4) is 0 Å². The predicted octanol–water partition coefficient (Wildman–Crippen LogP) is 4.31. The fourth-order valence-electron chi connectivity index (χ4n) is 2.82. The minimum atomic E-state index is -0.0642. The summed E-state index contributed by atoms with van der Waals surface area (Å²) in [4.78, 5) is 15.7. The van der Waals surface area contributed by atoms with Gasteiger partial charge in [0.2, 0.25) is 5.91 Å². The van der Waals surface area contributed by atoms with Gasteiger partial charge in [-0.25, -0.2) is 0 Å². The van der Waals surface area contributed by atoms with Crippen LogP contribution < -0.4 is 15.0 Å². The highest BCUT2D eigenvalue weighted by Gasteiger charge is 2.16. The van der Waals surface area contributed by atoms with E-state index < -0.39 is 0 Å². The number of hydrogen-bond acceptors (Lipinski definition) is 5. The van der Waals surface area contributed by atoms with E-state index in [0.717, 1.165) is 35.1 Å². The largest absolute Gasteiger partial charge is 0.494 e. The second kappa shape index (κ2) is 9.88. The van der Waals surface area contributed by atoms with Crippen molar-refractivity contribution in [3.05, 3.63) is 47.5 Å². The Labute approximate surface area is 169 Å². The topological polar surface area (TPSA) is 50.8 Å². The molecule has 0 bridgehead atoms. The minimum absolute atomic E-state index is 0.0642. The number of rotatable bonds is 7. The number of ether oxygens (including phenoxy) is 2. The normalized spacial score (nSPS) is 14.1. The Hall–Kier alpha value is -1.89. The molecule has 1 amide bonds. The Bertz CT molecular complexity index is 764. The molecule has 2 aromatic rings. The first-order valence-corrected chi connectivity index (χ1v) is 10.3. The van der Waals surface area contributed by atoms with E-state index in [1.165, 1.54) is 11.8 Å². The summed E-state index contributed by atoms with van der Waals surface area (Å²) in [5, 5.41) is 3.60. The number of nitrogens with zero attached hydrogens (tertiary/aromatic N) is 1. The van der Waals surface area contributed by atoms with Crippen LogP contribution in [0.25, 0.3) is 0 Å². The van der Waals surface area contributed by atoms with Crippen LogP contribution in [-0.2, 0) is 9.53 Å². The monoisotopic (exact) mass is 406 g/mol. The molecule has 0 saturated carbocycles. The van der Waals surface area contributed by atoms with Gasteiger partial charge in [-0.1, -0.05) is 11.6 Å². The highest BCUT2D eigenvalue weighted by atomic mass is 35.5. The number of hydrogen-bond donors (Lipinski definition) is 1. The molecule has 0 spiro atoms. The fraction of sp³-hybridized carbons (Fsp3) is 0.350. The first-order valence-electron chi connectivity index (χ1n) is 8.93. The average molecular weight is 407 g/mol. The van der Waals surface area contributed by atoms with Gasteiger partial charge in [-0.2, -0.15) is 0 Å². The van der Waals surface area contributed by atoms with Crippen molar-refractivity contribution in [3.63, 3.8) is 0 Å². The molecule has 2 aromatic carbocycles. The number of anilines is 2. The van der Waals surface area contributed by atoms with Crippen molar-refractivity contribution >= 4 is 40.6 Å². The van der Waals surface area contributed by atoms with E-state index in [9.17, 15) is 4.79 Å². The first-order chi connectivity index (χ1) is 13.2. The first kappa shape index (κ1) is 19.9. The van der Waals surface area contributed by atoms with Crippen LogP contribution in [0.4, 0.5) is 11.4 Å². The number of thioether (sulfide) groups is 1. The Balaban J connectivity index is 1.60. The molecule has 0 radical (unpaired) electrons. The number of benzene rings is 2. The van der Waals surface area contributed by atoms with Crippen molar-refractivity contribution in [1.82, 2.24) is 0 Å². The molecule has 0 unspecified atom stereocenters. The van der Waals surface area contributed by atoms with E-state index in [2.05, 4.69) is 10.2 Å². The van der Waals surface area contributed by atoms with E-state index in [0.29, 0.717) is 30.6 Å². The zero-order valence-electron chi connectivity index (χ0n) is 15.2. The van der Waals surface area contributed by atoms with Crippen LogP contribution in [-0.4, -0.2) is 44.6 Å². The fourth-order valence-corrected chi connectivity index (χ4v) is 3.69. The molecule has 27 heavy (non-hydrogen) atoms. The quantitative estimate of drug-likeness (QED) is 0.694. The van der Waals surface area contributed by atoms with Gasteiger partial charge in [-0.3, -0.25) is 4.79 Å². The summed E-state index contributed by atoms with van der Waals surface area (Å²) in [6, 6.07) is 13.3. The van der Waals surface area contributed by atoms with Crippen molar-refractivity contribution in [2.45, 2.75) is 11.8 Å². The molecule has 0 atom stereocenters. The summed E-state index contributed by atoms with van der Waals surface area (Å²) in [5.41, 5.74) is 1.71. The lowest BCUT2D eigenvalue weighted by molar-refractivity contribution is -0.113. The minimum Gasteiger partial charge on any atom is -0.494 e. The number of nitrogens with one attached hydrogen (secondary N) is 1. The molecule has 1 aliphatic heterocycles. The molecule has 0 aliphatic carbocycles. The van der Waals surface area contributed by atoms with E-state index in [1.54, 1.807) is 6.07 Å². The maximum Gasteiger partial charge on any atom is 0.234 e. The summed E-state index contributed by atoms with van der Waals surface area (Å²) in [5.74, 6) is 1.09. The number of amides is 1. The Kier molecular flexibility index (Phi) is 7.26. The number of carbonyl (C=O) groups excluding carboxylic acids is 1. The second-order valence-electron chi connectivity index (χ2n) is 6.00. The Morgan fingerprint density at radius 2 is 1.96 bits per heavy atom. The van der Waals surface area contributed by atoms with E-state index in [-0.39, 0.29) is 5.91 Å². The third kappa shape index (κ3) is 5.79. The van der Waals surface area contributed by atoms with E-state index in [4.69, 9.17) is 21.1 Å². The summed E-state index contributed by atoms with van der Waals surface area (Å²) >= 11 is 7.63. The zero-order valence-corrected chi connectivity index (χ0v) is 16.8. The highest BCUT2D eigenvalue weighted by molar-refractivity contribution is 8.00. The zero-order chi connectivity index (χ0) is 19.1. The van der Waals surface area contributed by atoms with Crippen molar-refractivity contribution in [2.24, 2.45) is 0 Å². The van der Waals surface area contributed by atoms with Crippen molar-refractivity contribution in [3.8, 4) is 5.75 Å². The molecule has 3 rings (SSSR count). The van der Waals surface area contributed by atoms with Crippen LogP contribution in [0.15, 0.2) is 47.4 Å². The van der Waals surface area contributed by atoms with Crippen LogP contribution in [0, 0.1) is 0 Å². The number of carbonyl (C=O) groups is 1. The molecule has 1 N–H and O–H groups in total. The summed E-state index contributed by atoms with van der Waals surface area (Å²) < 4.78 is 10.8. The van der Waals surface area contributed by atoms with Gasteiger partial charge in [0, 0.05) is 23.0 Å². The van der Waals surface area contributed by atoms with Gasteiger partial charge in [-0.05, 0) is 49.4 Å². The molecule has 0 aromatic heterocycles. The van der Waals surface area contributed by atoms with Gasteiger partial charge in [0.1, 0.15) is 5.75 Å². The molecular formula is C20H23ClN2O3S. The lowest BCUT2D eigenvalue weighted by Gasteiger charge is -2.30. The van der Waals surface area contributed by atoms with Crippen molar-refractivity contribution < 1.29 is 14.3 Å². The molecular weight excluding hydrogens is 384 g/mol. The summed E-state index contributed by atoms with van der Waals surface area (Å²) in [7, 11) is 0. The molecule has 1 saturated heterocycles. The standard InChI is InChI=1S/C20H23ClN2O3S/c1-2-26-16-4-6-17(7-5-16)27-14-20(24)22-18-13-15(21)3-8-19(18)23-9-11-25-12-10-23/h3-8,13H,2,9-12,14H2,1H3,(H,22,24). The van der Waals surface area contributed by atoms with Gasteiger partial charge in [0.25, 0.3) is 0 Å². The molecule has 144 valence electrons. The van der Waals surface area contributed by atoms with Crippen LogP contribution >= 0.6 is 23.4 Å². The smallest absolute Gasteiger partial charge is 0.234 e. The number of morpholine rings is 1. The van der Waals surface area contributed by atoms with Crippen LogP contribution in [0.5, 0.6) is 5.75 Å². The SMILES string of the molecule is CCOc1ccc(SCC(=O)Nc2cc(Cl)ccc2N2CCOCC2)cc1. The maximum atomic E-state index is 12.5. The Morgan fingerprint density at radius 1 is 1.22 bits per heavy atom. The molecule has 7 heteroatoms. The number of halogens is 1. The van der Waals surface area contributed by atoms with Gasteiger partial charge < -0.3 is 19.7 Å². The van der Waals surface area contributed by atoms with Gasteiger partial charge in [-0.15, -0.1) is 11.8 Å². The van der Waals surface area contributed by atoms with Crippen molar-refractivity contribution in [1.29, 1.82) is 0 Å². The van der Waals surface area contributed by atoms with Crippen LogP contribution in [0.1, 0.15) is 6.92 Å². The van der Waals surface area contributed by atoms with Crippen LogP contribution in [0.2, 0.25) is 5.02 Å². The average Bonchev–Trinajstić information content (AvgIpc) is 2.68. The highest BCUT2D eigenvalue weighted by Crippen LogP contribution is 2.30. The second-order valence-corrected chi connectivity index (χ2v) is 7.49. The predicted molar refractivity (Wildman–Crippen MR) is 111 cm³/mol. The van der Waals surface area contributed by atoms with E-state index >= 15 is 0 Å². The molecule has 5 nitrogen and oxygen atoms in total. The molecule has 1 heterocycles. The third-order valence-corrected chi connectivity index (χ3v) is 5.34. The maximum absolute atomic E-state index is 12.5. The van der Waals surface area contributed by atoms with Crippen molar-refractivity contribution in [2.75, 3.05) is 48.9 Å². The summed E-state index contributed by atoms with van der Waals surface area (Å²) in [6.07, 6.45) is 0. The third-order valence-electron chi connectivity index (χ3n) is 4.09. The lowest BCUT2D eigenvalue weighted by Crippen LogP contribution is -2.36. The van der Waals surface area contributed by atoms with Gasteiger partial charge >= 0.3 is 0 Å². The lowest BCUT2D eigenvalue weighted by atomic mass is 10.2. The molecule has 1 aliphatic rings. The molecule has 1 fully saturated rings. The van der Waals surface area contributed by atoms with Gasteiger partial charge in [0.15, 0.2) is 0 Å².